The summed E-state index contributed by atoms with van der Waals surface area (Å²) in [6.07, 6.45) is -26.3. The third-order valence-corrected chi connectivity index (χ3v) is 17.4. The Hall–Kier alpha value is -15.4. The first-order valence-electron chi connectivity index (χ1n) is 31.1. The van der Waals surface area contributed by atoms with Crippen molar-refractivity contribution < 1.29 is 218 Å². The van der Waals surface area contributed by atoms with E-state index in [2.05, 4.69) is 0 Å². The first-order chi connectivity index (χ1) is 52.7. The van der Waals surface area contributed by atoms with E-state index >= 15 is 14.4 Å². The largest absolute Gasteiger partial charge is 0.504 e. The van der Waals surface area contributed by atoms with Crippen LogP contribution in [0.15, 0.2) is 66.7 Å². The van der Waals surface area contributed by atoms with Crippen LogP contribution in [0, 0.1) is 0 Å². The molecule has 0 amide bonds. The van der Waals surface area contributed by atoms with Crippen LogP contribution >= 0.6 is 0 Å². The van der Waals surface area contributed by atoms with Crippen LogP contribution in [0.25, 0.3) is 22.3 Å². The van der Waals surface area contributed by atoms with Crippen molar-refractivity contribution in [2.45, 2.75) is 61.4 Å². The fourth-order valence-corrected chi connectivity index (χ4v) is 11.9. The number of aromatic hydroxyl groups is 23. The summed E-state index contributed by atoms with van der Waals surface area (Å²) >= 11 is 0. The van der Waals surface area contributed by atoms with Crippen LogP contribution in [-0.2, 0) is 47.4 Å². The summed E-state index contributed by atoms with van der Waals surface area (Å²) in [7, 11) is 0. The lowest BCUT2D eigenvalue weighted by molar-refractivity contribution is -0.283. The van der Waals surface area contributed by atoms with Crippen LogP contribution in [0.3, 0.4) is 0 Å². The summed E-state index contributed by atoms with van der Waals surface area (Å²) in [6.45, 7) is -2.84. The van der Waals surface area contributed by atoms with Crippen LogP contribution in [0.5, 0.6) is 144 Å². The van der Waals surface area contributed by atoms with Crippen molar-refractivity contribution in [3.63, 3.8) is 0 Å². The minimum absolute atomic E-state index is 0.122. The zero-order valence-corrected chi connectivity index (χ0v) is 55.0. The number of hydrogen-bond donors (Lipinski definition) is 25. The maximum atomic E-state index is 15.4. The number of fused-ring (bicyclic) bond motifs is 8. The van der Waals surface area contributed by atoms with Gasteiger partial charge in [-0.3, -0.25) is 0 Å². The number of carbonyl (C=O) groups excluding carboxylic acids is 8. The number of hydrogen-bond acceptors (Lipinski definition) is 44. The molecule has 0 radical (unpaired) electrons. The van der Waals surface area contributed by atoms with Gasteiger partial charge in [-0.25, -0.2) is 38.4 Å². The molecule has 8 aromatic carbocycles. The predicted molar refractivity (Wildman–Crippen MR) is 345 cm³/mol. The summed E-state index contributed by atoms with van der Waals surface area (Å²) in [5, 5.41) is 271. The molecule has 10 unspecified atom stereocenters. The lowest BCUT2D eigenvalue weighted by Gasteiger charge is -2.44. The molecule has 4 aliphatic heterocycles. The van der Waals surface area contributed by atoms with Gasteiger partial charge in [0.05, 0.1) is 45.6 Å². The average molecular weight is 1570 g/mol. The van der Waals surface area contributed by atoms with Gasteiger partial charge in [-0.2, -0.15) is 0 Å². The Balaban J connectivity index is 1.02. The molecule has 0 saturated carbocycles. The number of ether oxygens (including phenoxy) is 11. The molecular formula is C68H50O44. The first kappa shape index (κ1) is 76.2. The highest BCUT2D eigenvalue weighted by atomic mass is 16.8. The Bertz CT molecular complexity index is 5320. The van der Waals surface area contributed by atoms with Gasteiger partial charge in [-0.15, -0.1) is 0 Å². The lowest BCUT2D eigenvalue weighted by Crippen LogP contribution is -2.63. The van der Waals surface area contributed by atoms with E-state index in [1.54, 1.807) is 0 Å². The van der Waals surface area contributed by atoms with E-state index in [4.69, 9.17) is 52.1 Å². The van der Waals surface area contributed by atoms with E-state index in [1.807, 2.05) is 0 Å². The number of phenols is 23. The van der Waals surface area contributed by atoms with Crippen LogP contribution in [0.1, 0.15) is 82.9 Å². The summed E-state index contributed by atoms with van der Waals surface area (Å²) in [6, 6.07) is 4.07. The number of carbonyl (C=O) groups is 8. The standard InChI is InChI=1S/C68H50O44/c69-12-33-47(88)55-57(67(104-33)111-60(95)15-3-24(72)40(81)25(73)4-15)109-65(100)20-11-32(46(87)51(92)38(20)37-17(62(97)107-55)7-28(76)44(85)50(37)91)103-53-21(10-31(79)45(86)52(53)93)66(101)106-54-34(13-102-59(94)14-1-22(70)39(80)23(71)2-14)105-68(112-61(96)16-5-26(74)41(82)27(75)6-16)58-56(54)108-63(98)18-8-29(77)42(83)48(89)35(18)36-19(64(99)110-58)9-30(78)43(84)49(36)90/h1-11,33-34,47,54-58,67-93H,12-13H2. The monoisotopic (exact) mass is 1570 g/mol. The van der Waals surface area contributed by atoms with Gasteiger partial charge in [0.25, 0.3) is 0 Å². The maximum Gasteiger partial charge on any atom is 0.342 e. The van der Waals surface area contributed by atoms with Crippen molar-refractivity contribution in [1.29, 1.82) is 0 Å². The van der Waals surface area contributed by atoms with E-state index in [1.165, 1.54) is 0 Å². The minimum Gasteiger partial charge on any atom is -0.504 e. The minimum atomic E-state index is -2.94. The second-order valence-electron chi connectivity index (χ2n) is 24.2. The second kappa shape index (κ2) is 28.4. The van der Waals surface area contributed by atoms with Gasteiger partial charge in [0, 0.05) is 34.4 Å². The fraction of sp³-hybridized carbons (Fsp3) is 0.176. The Morgan fingerprint density at radius 1 is 0.330 bits per heavy atom. The topological polar surface area (TPSA) is 744 Å². The molecule has 112 heavy (non-hydrogen) atoms. The number of phenolic OH excluding ortho intramolecular Hbond substituents is 23. The molecule has 2 saturated heterocycles. The third kappa shape index (κ3) is 13.1. The molecule has 8 aromatic rings. The number of aliphatic hydroxyl groups is 2. The molecule has 0 aliphatic carbocycles. The zero-order chi connectivity index (χ0) is 81.7. The van der Waals surface area contributed by atoms with E-state index in [0.29, 0.717) is 42.5 Å². The van der Waals surface area contributed by atoms with Crippen LogP contribution in [-0.4, -0.2) is 250 Å². The van der Waals surface area contributed by atoms with Crippen molar-refractivity contribution in [3.05, 3.63) is 111 Å². The van der Waals surface area contributed by atoms with Gasteiger partial charge < -0.3 is 180 Å². The van der Waals surface area contributed by atoms with Gasteiger partial charge in [-0.05, 0) is 54.6 Å². The Morgan fingerprint density at radius 3 is 1.05 bits per heavy atom. The van der Waals surface area contributed by atoms with E-state index in [9.17, 15) is 152 Å². The number of rotatable bonds is 12. The Labute approximate surface area is 616 Å². The quantitative estimate of drug-likeness (QED) is 0.0471. The van der Waals surface area contributed by atoms with E-state index in [-0.39, 0.29) is 24.3 Å². The van der Waals surface area contributed by atoms with E-state index in [0.717, 1.165) is 0 Å². The average Bonchev–Trinajstić information content (AvgIpc) is 0.738. The highest BCUT2D eigenvalue weighted by Gasteiger charge is 2.57. The van der Waals surface area contributed by atoms with Crippen LogP contribution in [0.2, 0.25) is 0 Å². The molecule has 4 aliphatic rings. The van der Waals surface area contributed by atoms with Crippen molar-refractivity contribution in [2.75, 3.05) is 13.2 Å². The van der Waals surface area contributed by atoms with Crippen molar-refractivity contribution in [3.8, 4) is 166 Å². The highest BCUT2D eigenvalue weighted by Crippen LogP contribution is 2.58. The molecule has 4 heterocycles. The number of benzene rings is 8. The fourth-order valence-electron chi connectivity index (χ4n) is 11.9. The third-order valence-electron chi connectivity index (χ3n) is 17.4. The zero-order valence-electron chi connectivity index (χ0n) is 55.0. The van der Waals surface area contributed by atoms with Crippen molar-refractivity contribution in [2.24, 2.45) is 0 Å². The van der Waals surface area contributed by atoms with Gasteiger partial charge in [0.2, 0.25) is 59.3 Å². The molecular weight excluding hydrogens is 1520 g/mol. The van der Waals surface area contributed by atoms with Crippen LogP contribution < -0.4 is 4.74 Å². The summed E-state index contributed by atoms with van der Waals surface area (Å²) in [5.74, 6) is -51.8. The maximum absolute atomic E-state index is 15.4. The molecule has 12 rings (SSSR count). The Morgan fingerprint density at radius 2 is 0.652 bits per heavy atom. The molecule has 0 bridgehead atoms. The van der Waals surface area contributed by atoms with Gasteiger partial charge in [0.1, 0.15) is 30.5 Å². The number of aliphatic hydroxyl groups excluding tert-OH is 2. The predicted octanol–water partition coefficient (Wildman–Crippen LogP) is 1.77. The lowest BCUT2D eigenvalue weighted by atomic mass is 9.91. The van der Waals surface area contributed by atoms with Crippen molar-refractivity contribution in [1.82, 2.24) is 0 Å². The first-order valence-corrected chi connectivity index (χ1v) is 31.1. The van der Waals surface area contributed by atoms with Gasteiger partial charge in [0.15, 0.2) is 128 Å². The normalized spacial score (nSPS) is 20.5. The molecule has 25 N–H and O–H groups in total. The van der Waals surface area contributed by atoms with Crippen molar-refractivity contribution >= 4 is 47.8 Å². The summed E-state index contributed by atoms with van der Waals surface area (Å²) in [5.41, 5.74) is -14.7. The second-order valence-corrected chi connectivity index (χ2v) is 24.2. The molecule has 0 aromatic heterocycles. The molecule has 0 spiro atoms. The van der Waals surface area contributed by atoms with Crippen LogP contribution in [0.4, 0.5) is 0 Å². The number of esters is 8. The highest BCUT2D eigenvalue weighted by molar-refractivity contribution is 6.10. The van der Waals surface area contributed by atoms with E-state index < -0.39 is 333 Å². The molecule has 2 fully saturated rings. The smallest absolute Gasteiger partial charge is 0.342 e. The summed E-state index contributed by atoms with van der Waals surface area (Å²) < 4.78 is 61.8. The SMILES string of the molecule is O=C(OCC1OC(OC(=O)c2cc(O)c(O)c(O)c2)C2OC(=O)c3cc(O)c(O)c(O)c3-c3c(cc(O)c(O)c3O)C(=O)OC2C1OC(=O)c1cc(O)c(O)c(O)c1Oc1cc2c(c(O)c1O)-c1c(cc(O)c(O)c1O)C(=O)OC1C(O)C(CO)OC(OC(=O)c3cc(O)c(O)c(O)c3)C1OC2=O)c1cc(O)c(O)c(O)c1. The molecule has 44 heteroatoms. The molecule has 44 nitrogen and oxygen atoms in total. The molecule has 586 valence electrons. The van der Waals surface area contributed by atoms with Gasteiger partial charge >= 0.3 is 47.8 Å². The summed E-state index contributed by atoms with van der Waals surface area (Å²) in [4.78, 5) is 117. The van der Waals surface area contributed by atoms with Gasteiger partial charge in [-0.1, -0.05) is 0 Å². The molecule has 10 atom stereocenters. The Kier molecular flexibility index (Phi) is 19.3.